The quantitative estimate of drug-likeness (QED) is 0.472. The van der Waals surface area contributed by atoms with Gasteiger partial charge in [-0.15, -0.1) is 11.3 Å². The van der Waals surface area contributed by atoms with Gasteiger partial charge < -0.3 is 21.2 Å². The van der Waals surface area contributed by atoms with E-state index in [1.54, 1.807) is 0 Å². The Kier molecular flexibility index (Phi) is 5.25. The number of aromatic nitrogens is 1. The zero-order valence-corrected chi connectivity index (χ0v) is 13.9. The maximum atomic E-state index is 5.91. The Morgan fingerprint density at radius 2 is 2.04 bits per heavy atom. The molecule has 1 aromatic carbocycles. The van der Waals surface area contributed by atoms with Crippen LogP contribution in [0.1, 0.15) is 11.3 Å². The summed E-state index contributed by atoms with van der Waals surface area (Å²) < 4.78 is 5.58. The largest absolute Gasteiger partial charge is 0.458 e. The van der Waals surface area contributed by atoms with Crippen molar-refractivity contribution < 1.29 is 4.42 Å². The van der Waals surface area contributed by atoms with Crippen LogP contribution < -0.4 is 16.8 Å². The van der Waals surface area contributed by atoms with Crippen molar-refractivity contribution in [2.75, 3.05) is 11.9 Å². The highest BCUT2D eigenvalue weighted by Crippen LogP contribution is 2.26. The molecule has 0 unspecified atom stereocenters. The van der Waals surface area contributed by atoms with Crippen molar-refractivity contribution in [3.8, 4) is 11.5 Å². The van der Waals surface area contributed by atoms with E-state index in [2.05, 4.69) is 27.4 Å². The highest BCUT2D eigenvalue weighted by molar-refractivity contribution is 7.14. The second-order valence-electron chi connectivity index (χ2n) is 5.14. The lowest BCUT2D eigenvalue weighted by molar-refractivity contribution is 0.524. The zero-order chi connectivity index (χ0) is 16.8. The highest BCUT2D eigenvalue weighted by Gasteiger charge is 2.09. The van der Waals surface area contributed by atoms with Crippen molar-refractivity contribution in [3.63, 3.8) is 0 Å². The van der Waals surface area contributed by atoms with Crippen LogP contribution >= 0.6 is 11.3 Å². The molecule has 5 N–H and O–H groups in total. The first-order valence-corrected chi connectivity index (χ1v) is 8.48. The number of benzene rings is 1. The van der Waals surface area contributed by atoms with Crippen molar-refractivity contribution >= 4 is 22.4 Å². The maximum absolute atomic E-state index is 5.91. The minimum absolute atomic E-state index is 0.355. The molecular weight excluding hydrogens is 322 g/mol. The van der Waals surface area contributed by atoms with Gasteiger partial charge in [-0.05, 0) is 24.1 Å². The summed E-state index contributed by atoms with van der Waals surface area (Å²) in [5, 5.41) is 5.59. The second-order valence-corrected chi connectivity index (χ2v) is 5.99. The molecule has 0 aliphatic heterocycles. The van der Waals surface area contributed by atoms with Gasteiger partial charge >= 0.3 is 0 Å². The minimum Gasteiger partial charge on any atom is -0.458 e. The molecule has 24 heavy (non-hydrogen) atoms. The molecule has 0 spiro atoms. The summed E-state index contributed by atoms with van der Waals surface area (Å²) in [6.07, 6.45) is 0.848. The fraction of sp³-hybridized carbons (Fsp3) is 0.176. The van der Waals surface area contributed by atoms with Crippen LogP contribution in [0.3, 0.4) is 0 Å². The third kappa shape index (κ3) is 4.21. The Hall–Kier alpha value is -2.64. The molecule has 0 aliphatic rings. The Morgan fingerprint density at radius 1 is 1.21 bits per heavy atom. The van der Waals surface area contributed by atoms with E-state index in [1.165, 1.54) is 16.9 Å². The SMILES string of the molecule is NCc1ccc(-c2csc(NC(N)=NCCc3ccccc3)n2)o1. The number of anilines is 1. The molecule has 7 heteroatoms. The monoisotopic (exact) mass is 341 g/mol. The fourth-order valence-corrected chi connectivity index (χ4v) is 2.88. The number of nitrogens with zero attached hydrogens (tertiary/aromatic N) is 2. The van der Waals surface area contributed by atoms with E-state index in [4.69, 9.17) is 15.9 Å². The van der Waals surface area contributed by atoms with Gasteiger partial charge in [-0.1, -0.05) is 30.3 Å². The van der Waals surface area contributed by atoms with Gasteiger partial charge in [0, 0.05) is 11.9 Å². The maximum Gasteiger partial charge on any atom is 0.194 e. The number of hydrogen-bond acceptors (Lipinski definition) is 5. The lowest BCUT2D eigenvalue weighted by atomic mass is 10.2. The van der Waals surface area contributed by atoms with Crippen molar-refractivity contribution in [2.45, 2.75) is 13.0 Å². The summed E-state index contributed by atoms with van der Waals surface area (Å²) >= 11 is 1.45. The van der Waals surface area contributed by atoms with Crippen molar-refractivity contribution in [1.29, 1.82) is 0 Å². The number of hydrogen-bond donors (Lipinski definition) is 3. The molecule has 3 rings (SSSR count). The molecule has 2 heterocycles. The van der Waals surface area contributed by atoms with Gasteiger partial charge in [-0.3, -0.25) is 4.99 Å². The summed E-state index contributed by atoms with van der Waals surface area (Å²) in [4.78, 5) is 8.77. The Bertz CT molecular complexity index is 809. The van der Waals surface area contributed by atoms with Gasteiger partial charge in [0.15, 0.2) is 16.9 Å². The number of thiazole rings is 1. The average Bonchev–Trinajstić information content (AvgIpc) is 3.24. The third-order valence-electron chi connectivity index (χ3n) is 3.38. The summed E-state index contributed by atoms with van der Waals surface area (Å²) in [5.41, 5.74) is 13.4. The van der Waals surface area contributed by atoms with Crippen LogP contribution in [-0.2, 0) is 13.0 Å². The summed E-state index contributed by atoms with van der Waals surface area (Å²) in [5.74, 6) is 1.78. The molecule has 3 aromatic rings. The van der Waals surface area contributed by atoms with Crippen molar-refractivity contribution in [2.24, 2.45) is 16.5 Å². The normalized spacial score (nSPS) is 11.6. The zero-order valence-electron chi connectivity index (χ0n) is 13.1. The van der Waals surface area contributed by atoms with E-state index in [0.29, 0.717) is 29.9 Å². The molecule has 124 valence electrons. The van der Waals surface area contributed by atoms with Crippen LogP contribution in [0.15, 0.2) is 57.3 Å². The van der Waals surface area contributed by atoms with E-state index in [9.17, 15) is 0 Å². The molecule has 0 radical (unpaired) electrons. The topological polar surface area (TPSA) is 102 Å². The van der Waals surface area contributed by atoms with Gasteiger partial charge in [0.25, 0.3) is 0 Å². The van der Waals surface area contributed by atoms with Crippen LogP contribution in [0.2, 0.25) is 0 Å². The van der Waals surface area contributed by atoms with Crippen LogP contribution in [0, 0.1) is 0 Å². The van der Waals surface area contributed by atoms with E-state index in [-0.39, 0.29) is 0 Å². The number of nitrogens with one attached hydrogen (secondary N) is 1. The highest BCUT2D eigenvalue weighted by atomic mass is 32.1. The summed E-state index contributed by atoms with van der Waals surface area (Å²) in [6, 6.07) is 13.9. The lowest BCUT2D eigenvalue weighted by Crippen LogP contribution is -2.23. The lowest BCUT2D eigenvalue weighted by Gasteiger charge is -2.02. The summed E-state index contributed by atoms with van der Waals surface area (Å²) in [6.45, 7) is 0.995. The first kappa shape index (κ1) is 16.2. The number of nitrogens with two attached hydrogens (primary N) is 2. The van der Waals surface area contributed by atoms with Gasteiger partial charge in [0.2, 0.25) is 0 Å². The predicted octanol–water partition coefficient (Wildman–Crippen LogP) is 2.83. The Morgan fingerprint density at radius 3 is 2.79 bits per heavy atom. The second kappa shape index (κ2) is 7.76. The van der Waals surface area contributed by atoms with Gasteiger partial charge in [-0.2, -0.15) is 0 Å². The summed E-state index contributed by atoms with van der Waals surface area (Å²) in [7, 11) is 0. The van der Waals surface area contributed by atoms with Crippen LogP contribution in [0.25, 0.3) is 11.5 Å². The molecule has 0 amide bonds. The van der Waals surface area contributed by atoms with E-state index in [0.717, 1.165) is 17.9 Å². The van der Waals surface area contributed by atoms with E-state index >= 15 is 0 Å². The van der Waals surface area contributed by atoms with Gasteiger partial charge in [-0.25, -0.2) is 4.98 Å². The number of guanidine groups is 1. The molecule has 6 nitrogen and oxygen atoms in total. The molecule has 0 saturated carbocycles. The molecule has 0 fully saturated rings. The predicted molar refractivity (Wildman–Crippen MR) is 98.0 cm³/mol. The molecule has 0 aliphatic carbocycles. The molecular formula is C17H19N5OS. The van der Waals surface area contributed by atoms with Crippen LogP contribution in [0.4, 0.5) is 5.13 Å². The molecule has 0 saturated heterocycles. The van der Waals surface area contributed by atoms with Crippen molar-refractivity contribution in [3.05, 3.63) is 59.2 Å². The number of aliphatic imine (C=N–C) groups is 1. The Balaban J connectivity index is 1.56. The van der Waals surface area contributed by atoms with E-state index < -0.39 is 0 Å². The Labute approximate surface area is 144 Å². The standard InChI is InChI=1S/C17H19N5OS/c18-10-13-6-7-15(23-13)14-11-24-17(21-14)22-16(19)20-9-8-12-4-2-1-3-5-12/h1-7,11H,8-10,18H2,(H3,19,20,21,22). The van der Waals surface area contributed by atoms with Gasteiger partial charge in [0.05, 0.1) is 6.54 Å². The molecule has 0 atom stereocenters. The minimum atomic E-state index is 0.355. The van der Waals surface area contributed by atoms with Crippen LogP contribution in [0.5, 0.6) is 0 Å². The first-order valence-electron chi connectivity index (χ1n) is 7.60. The van der Waals surface area contributed by atoms with Crippen molar-refractivity contribution in [1.82, 2.24) is 4.98 Å². The molecule has 2 aromatic heterocycles. The van der Waals surface area contributed by atoms with E-state index in [1.807, 2.05) is 35.7 Å². The number of rotatable bonds is 6. The van der Waals surface area contributed by atoms with Crippen LogP contribution in [-0.4, -0.2) is 17.5 Å². The smallest absolute Gasteiger partial charge is 0.194 e. The number of furan rings is 1. The first-order chi connectivity index (χ1) is 11.7. The fourth-order valence-electron chi connectivity index (χ4n) is 2.17. The third-order valence-corrected chi connectivity index (χ3v) is 4.14. The molecule has 0 bridgehead atoms. The van der Waals surface area contributed by atoms with Gasteiger partial charge in [0.1, 0.15) is 11.5 Å². The average molecular weight is 341 g/mol.